The van der Waals surface area contributed by atoms with Gasteiger partial charge in [-0.1, -0.05) is 37.0 Å². The summed E-state index contributed by atoms with van der Waals surface area (Å²) >= 11 is 6.87. The highest BCUT2D eigenvalue weighted by molar-refractivity contribution is 8.22. The van der Waals surface area contributed by atoms with E-state index in [1.807, 2.05) is 18.2 Å². The molecule has 0 atom stereocenters. The highest BCUT2D eigenvalue weighted by Crippen LogP contribution is 2.11. The van der Waals surface area contributed by atoms with Crippen LogP contribution in [0.2, 0.25) is 0 Å². The van der Waals surface area contributed by atoms with E-state index in [4.69, 9.17) is 12.2 Å². The number of thioether (sulfide) groups is 1. The highest BCUT2D eigenvalue weighted by Gasteiger charge is 2.04. The Hall–Kier alpha value is -1.40. The second-order valence-corrected chi connectivity index (χ2v) is 6.26. The van der Waals surface area contributed by atoms with Gasteiger partial charge in [0.25, 0.3) is 5.56 Å². The Morgan fingerprint density at radius 2 is 2.30 bits per heavy atom. The van der Waals surface area contributed by atoms with E-state index >= 15 is 0 Å². The van der Waals surface area contributed by atoms with Crippen LogP contribution in [0.3, 0.4) is 0 Å². The maximum Gasteiger partial charge on any atom is 0.258 e. The van der Waals surface area contributed by atoms with E-state index in [-0.39, 0.29) is 5.56 Å². The molecule has 0 radical (unpaired) electrons. The molecule has 20 heavy (non-hydrogen) atoms. The fourth-order valence-electron chi connectivity index (χ4n) is 1.83. The summed E-state index contributed by atoms with van der Waals surface area (Å²) in [5.41, 5.74) is 1.64. The minimum absolute atomic E-state index is 0.0997. The number of H-pyrrole nitrogens is 1. The molecule has 0 aliphatic heterocycles. The molecule has 2 rings (SSSR count). The summed E-state index contributed by atoms with van der Waals surface area (Å²) in [6.07, 6.45) is 1.10. The largest absolute Gasteiger partial charge is 0.367 e. The molecule has 1 heterocycles. The van der Waals surface area contributed by atoms with Crippen molar-refractivity contribution in [2.75, 3.05) is 5.75 Å². The lowest BCUT2D eigenvalue weighted by molar-refractivity contribution is 0.939. The first-order valence-corrected chi connectivity index (χ1v) is 7.89. The van der Waals surface area contributed by atoms with Crippen molar-refractivity contribution >= 4 is 39.2 Å². The number of hydrogen-bond donors (Lipinski definition) is 2. The number of aryl methyl sites for hydroxylation is 1. The molecule has 0 bridgehead atoms. The van der Waals surface area contributed by atoms with Crippen molar-refractivity contribution in [3.05, 3.63) is 39.9 Å². The van der Waals surface area contributed by atoms with E-state index in [0.717, 1.165) is 27.6 Å². The first-order valence-electron chi connectivity index (χ1n) is 6.50. The van der Waals surface area contributed by atoms with Gasteiger partial charge in [0, 0.05) is 6.54 Å². The number of fused-ring (bicyclic) bond motifs is 1. The summed E-state index contributed by atoms with van der Waals surface area (Å²) in [4.78, 5) is 18.9. The second-order valence-electron chi connectivity index (χ2n) is 4.49. The predicted molar refractivity (Wildman–Crippen MR) is 89.3 cm³/mol. The summed E-state index contributed by atoms with van der Waals surface area (Å²) in [5.74, 6) is 1.65. The molecule has 6 heteroatoms. The number of benzene rings is 1. The zero-order valence-corrected chi connectivity index (χ0v) is 13.2. The monoisotopic (exact) mass is 307 g/mol. The normalized spacial score (nSPS) is 10.7. The van der Waals surface area contributed by atoms with Crippen molar-refractivity contribution in [1.29, 1.82) is 0 Å². The van der Waals surface area contributed by atoms with Gasteiger partial charge in [-0.05, 0) is 36.8 Å². The third kappa shape index (κ3) is 3.80. The van der Waals surface area contributed by atoms with Crippen LogP contribution in [-0.4, -0.2) is 20.0 Å². The van der Waals surface area contributed by atoms with Crippen molar-refractivity contribution in [2.24, 2.45) is 0 Å². The summed E-state index contributed by atoms with van der Waals surface area (Å²) in [6.45, 7) is 4.53. The summed E-state index contributed by atoms with van der Waals surface area (Å²) in [5, 5.41) is 3.80. The van der Waals surface area contributed by atoms with Crippen molar-refractivity contribution in [1.82, 2.24) is 15.3 Å². The Morgan fingerprint density at radius 1 is 1.50 bits per heavy atom. The van der Waals surface area contributed by atoms with Gasteiger partial charge in [-0.2, -0.15) is 0 Å². The number of hydrogen-bond acceptors (Lipinski definition) is 4. The van der Waals surface area contributed by atoms with Gasteiger partial charge < -0.3 is 10.3 Å². The van der Waals surface area contributed by atoms with Gasteiger partial charge in [-0.25, -0.2) is 4.98 Å². The smallest absolute Gasteiger partial charge is 0.258 e. The molecule has 2 N–H and O–H groups in total. The average molecular weight is 307 g/mol. The Morgan fingerprint density at radius 3 is 3.05 bits per heavy atom. The zero-order valence-electron chi connectivity index (χ0n) is 11.5. The van der Waals surface area contributed by atoms with Crippen LogP contribution in [0, 0.1) is 6.92 Å². The first kappa shape index (κ1) is 15.0. The minimum atomic E-state index is -0.0997. The van der Waals surface area contributed by atoms with Gasteiger partial charge in [0.1, 0.15) is 10.1 Å². The molecule has 1 aromatic heterocycles. The van der Waals surface area contributed by atoms with E-state index in [1.165, 1.54) is 0 Å². The quantitative estimate of drug-likeness (QED) is 0.851. The van der Waals surface area contributed by atoms with Crippen molar-refractivity contribution < 1.29 is 0 Å². The molecule has 0 saturated carbocycles. The number of aromatic nitrogens is 2. The Labute approximate surface area is 127 Å². The summed E-state index contributed by atoms with van der Waals surface area (Å²) in [7, 11) is 0. The van der Waals surface area contributed by atoms with E-state index in [9.17, 15) is 4.79 Å². The molecule has 1 aromatic carbocycles. The van der Waals surface area contributed by atoms with Gasteiger partial charge in [0.2, 0.25) is 0 Å². The molecule has 0 unspecified atom stereocenters. The van der Waals surface area contributed by atoms with Crippen LogP contribution >= 0.6 is 24.0 Å². The first-order chi connectivity index (χ1) is 9.60. The van der Waals surface area contributed by atoms with Crippen molar-refractivity contribution in [2.45, 2.75) is 26.8 Å². The molecule has 0 aliphatic rings. The molecule has 0 amide bonds. The lowest BCUT2D eigenvalue weighted by Crippen LogP contribution is -2.18. The molecule has 0 aliphatic carbocycles. The van der Waals surface area contributed by atoms with Crippen LogP contribution in [0.25, 0.3) is 10.9 Å². The highest BCUT2D eigenvalue weighted by atomic mass is 32.2. The minimum Gasteiger partial charge on any atom is -0.367 e. The Balaban J connectivity index is 2.12. The number of aromatic amines is 1. The SMILES string of the molecule is CCCSC(=S)NCc1ccc2nc(C)[nH]c(=O)c2c1. The van der Waals surface area contributed by atoms with Gasteiger partial charge in [-0.15, -0.1) is 0 Å². The molecule has 106 valence electrons. The van der Waals surface area contributed by atoms with Gasteiger partial charge >= 0.3 is 0 Å². The van der Waals surface area contributed by atoms with Crippen molar-refractivity contribution in [3.8, 4) is 0 Å². The fraction of sp³-hybridized carbons (Fsp3) is 0.357. The van der Waals surface area contributed by atoms with E-state index in [1.54, 1.807) is 18.7 Å². The number of nitrogens with one attached hydrogen (secondary N) is 2. The van der Waals surface area contributed by atoms with Crippen LogP contribution in [0.1, 0.15) is 24.7 Å². The third-order valence-corrected chi connectivity index (χ3v) is 4.28. The maximum atomic E-state index is 11.9. The Bertz CT molecular complexity index is 682. The molecule has 4 nitrogen and oxygen atoms in total. The van der Waals surface area contributed by atoms with Gasteiger partial charge in [-0.3, -0.25) is 4.79 Å². The standard InChI is InChI=1S/C14H17N3OS2/c1-3-6-20-14(19)15-8-10-4-5-12-11(7-10)13(18)17-9(2)16-12/h4-5,7H,3,6,8H2,1-2H3,(H,15,19)(H,16,17,18). The van der Waals surface area contributed by atoms with E-state index in [0.29, 0.717) is 17.8 Å². The zero-order chi connectivity index (χ0) is 14.5. The average Bonchev–Trinajstić information content (AvgIpc) is 2.43. The molecular formula is C14H17N3OS2. The molecular weight excluding hydrogens is 290 g/mol. The van der Waals surface area contributed by atoms with E-state index in [2.05, 4.69) is 22.2 Å². The molecule has 0 saturated heterocycles. The topological polar surface area (TPSA) is 57.8 Å². The van der Waals surface area contributed by atoms with Gasteiger partial charge in [0.15, 0.2) is 0 Å². The fourth-order valence-corrected chi connectivity index (χ4v) is 2.72. The van der Waals surface area contributed by atoms with Gasteiger partial charge in [0.05, 0.1) is 10.9 Å². The number of thiocarbonyl (C=S) groups is 1. The van der Waals surface area contributed by atoms with Crippen molar-refractivity contribution in [3.63, 3.8) is 0 Å². The molecule has 0 fully saturated rings. The van der Waals surface area contributed by atoms with Crippen LogP contribution < -0.4 is 10.9 Å². The molecule has 2 aromatic rings. The summed E-state index contributed by atoms with van der Waals surface area (Å²) in [6, 6.07) is 5.70. The van der Waals surface area contributed by atoms with E-state index < -0.39 is 0 Å². The van der Waals surface area contributed by atoms with Crippen LogP contribution in [0.5, 0.6) is 0 Å². The molecule has 0 spiro atoms. The van der Waals surface area contributed by atoms with Crippen LogP contribution in [0.4, 0.5) is 0 Å². The predicted octanol–water partition coefficient (Wildman–Crippen LogP) is 2.75. The third-order valence-electron chi connectivity index (χ3n) is 2.76. The number of nitrogens with zero attached hydrogens (tertiary/aromatic N) is 1. The van der Waals surface area contributed by atoms with Crippen LogP contribution in [0.15, 0.2) is 23.0 Å². The maximum absolute atomic E-state index is 11.9. The lowest BCUT2D eigenvalue weighted by atomic mass is 10.1. The summed E-state index contributed by atoms with van der Waals surface area (Å²) < 4.78 is 0.794. The van der Waals surface area contributed by atoms with Crippen LogP contribution in [-0.2, 0) is 6.54 Å². The number of rotatable bonds is 4. The second kappa shape index (κ2) is 6.85. The lowest BCUT2D eigenvalue weighted by Gasteiger charge is -2.07. The Kier molecular flexibility index (Phi) is 5.14.